The van der Waals surface area contributed by atoms with E-state index in [1.807, 2.05) is 13.8 Å². The molecule has 0 aliphatic carbocycles. The lowest BCUT2D eigenvalue weighted by molar-refractivity contribution is -0.274. The van der Waals surface area contributed by atoms with Crippen molar-refractivity contribution in [3.05, 3.63) is 24.3 Å². The number of alkyl halides is 3. The van der Waals surface area contributed by atoms with Gasteiger partial charge in [-0.25, -0.2) is 0 Å². The predicted octanol–water partition coefficient (Wildman–Crippen LogP) is 3.57. The Morgan fingerprint density at radius 2 is 1.83 bits per heavy atom. The van der Waals surface area contributed by atoms with E-state index in [0.717, 1.165) is 12.1 Å². The number of amides is 1. The fourth-order valence-corrected chi connectivity index (χ4v) is 1.32. The molecule has 0 heterocycles. The SMILES string of the molecule is CC(C)CC(=O)Nc1ccc(OC(F)(F)F)cc1. The smallest absolute Gasteiger partial charge is 0.406 e. The van der Waals surface area contributed by atoms with Crippen LogP contribution in [0.15, 0.2) is 24.3 Å². The number of carbonyl (C=O) groups is 1. The molecule has 0 saturated heterocycles. The molecule has 1 amide bonds. The Balaban J connectivity index is 2.58. The van der Waals surface area contributed by atoms with Gasteiger partial charge in [0.1, 0.15) is 5.75 Å². The van der Waals surface area contributed by atoms with Crippen LogP contribution in [-0.4, -0.2) is 12.3 Å². The van der Waals surface area contributed by atoms with Crippen molar-refractivity contribution >= 4 is 11.6 Å². The van der Waals surface area contributed by atoms with E-state index in [0.29, 0.717) is 12.1 Å². The highest BCUT2D eigenvalue weighted by Crippen LogP contribution is 2.24. The zero-order valence-electron chi connectivity index (χ0n) is 10.0. The van der Waals surface area contributed by atoms with Gasteiger partial charge in [-0.3, -0.25) is 4.79 Å². The minimum atomic E-state index is -4.71. The van der Waals surface area contributed by atoms with Crippen molar-refractivity contribution in [1.29, 1.82) is 0 Å². The predicted molar refractivity (Wildman–Crippen MR) is 61.2 cm³/mol. The zero-order chi connectivity index (χ0) is 13.8. The number of rotatable bonds is 4. The van der Waals surface area contributed by atoms with E-state index in [9.17, 15) is 18.0 Å². The molecule has 1 N–H and O–H groups in total. The average molecular weight is 261 g/mol. The van der Waals surface area contributed by atoms with E-state index in [1.54, 1.807) is 0 Å². The zero-order valence-corrected chi connectivity index (χ0v) is 10.0. The highest BCUT2D eigenvalue weighted by molar-refractivity contribution is 5.90. The maximum absolute atomic E-state index is 11.9. The van der Waals surface area contributed by atoms with Gasteiger partial charge in [-0.2, -0.15) is 0 Å². The maximum Gasteiger partial charge on any atom is 0.573 e. The van der Waals surface area contributed by atoms with Crippen LogP contribution in [0.25, 0.3) is 0 Å². The van der Waals surface area contributed by atoms with E-state index >= 15 is 0 Å². The molecule has 3 nitrogen and oxygen atoms in total. The summed E-state index contributed by atoms with van der Waals surface area (Å²) in [6.07, 6.45) is -4.34. The first-order chi connectivity index (χ1) is 8.26. The number of hydrogen-bond donors (Lipinski definition) is 1. The lowest BCUT2D eigenvalue weighted by atomic mass is 10.1. The quantitative estimate of drug-likeness (QED) is 0.899. The first kappa shape index (κ1) is 14.3. The second-order valence-electron chi connectivity index (χ2n) is 4.22. The summed E-state index contributed by atoms with van der Waals surface area (Å²) in [6, 6.07) is 5.02. The van der Waals surface area contributed by atoms with Gasteiger partial charge in [0.25, 0.3) is 0 Å². The van der Waals surface area contributed by atoms with Crippen LogP contribution in [0.3, 0.4) is 0 Å². The van der Waals surface area contributed by atoms with Crippen LogP contribution >= 0.6 is 0 Å². The van der Waals surface area contributed by atoms with Gasteiger partial charge in [-0.05, 0) is 30.2 Å². The van der Waals surface area contributed by atoms with Crippen LogP contribution in [0.5, 0.6) is 5.75 Å². The molecule has 0 spiro atoms. The third-order valence-corrected chi connectivity index (χ3v) is 1.97. The average Bonchev–Trinajstić information content (AvgIpc) is 2.17. The summed E-state index contributed by atoms with van der Waals surface area (Å²) in [5, 5.41) is 2.59. The van der Waals surface area contributed by atoms with Gasteiger partial charge in [-0.15, -0.1) is 13.2 Å². The Labute approximate surface area is 103 Å². The van der Waals surface area contributed by atoms with Crippen molar-refractivity contribution in [2.75, 3.05) is 5.32 Å². The number of carbonyl (C=O) groups excluding carboxylic acids is 1. The van der Waals surface area contributed by atoms with Gasteiger partial charge in [0.05, 0.1) is 0 Å². The summed E-state index contributed by atoms with van der Waals surface area (Å²) >= 11 is 0. The highest BCUT2D eigenvalue weighted by Gasteiger charge is 2.30. The van der Waals surface area contributed by atoms with Gasteiger partial charge in [0.2, 0.25) is 5.91 Å². The molecular formula is C12H14F3NO2. The topological polar surface area (TPSA) is 38.3 Å². The molecule has 0 atom stereocenters. The summed E-state index contributed by atoms with van der Waals surface area (Å²) in [5.74, 6) is -0.267. The largest absolute Gasteiger partial charge is 0.573 e. The molecule has 1 rings (SSSR count). The molecule has 0 saturated carbocycles. The van der Waals surface area contributed by atoms with Crippen molar-refractivity contribution in [3.8, 4) is 5.75 Å². The van der Waals surface area contributed by atoms with Gasteiger partial charge >= 0.3 is 6.36 Å². The Morgan fingerprint density at radius 1 is 1.28 bits per heavy atom. The standard InChI is InChI=1S/C12H14F3NO2/c1-8(2)7-11(17)16-9-3-5-10(6-4-9)18-12(13,14)15/h3-6,8H,7H2,1-2H3,(H,16,17). The van der Waals surface area contributed by atoms with Crippen molar-refractivity contribution in [1.82, 2.24) is 0 Å². The van der Waals surface area contributed by atoms with E-state index in [2.05, 4.69) is 10.1 Å². The lowest BCUT2D eigenvalue weighted by Gasteiger charge is -2.10. The number of ether oxygens (including phenoxy) is 1. The maximum atomic E-state index is 11.9. The molecule has 1 aromatic rings. The molecule has 0 bridgehead atoms. The summed E-state index contributed by atoms with van der Waals surface area (Å²) in [6.45, 7) is 3.81. The van der Waals surface area contributed by atoms with Gasteiger partial charge < -0.3 is 10.1 Å². The number of benzene rings is 1. The van der Waals surface area contributed by atoms with E-state index in [-0.39, 0.29) is 17.6 Å². The van der Waals surface area contributed by atoms with Crippen molar-refractivity contribution in [2.24, 2.45) is 5.92 Å². The summed E-state index contributed by atoms with van der Waals surface area (Å²) in [7, 11) is 0. The minimum Gasteiger partial charge on any atom is -0.406 e. The van der Waals surface area contributed by atoms with Crippen LogP contribution in [0.1, 0.15) is 20.3 Å². The molecule has 18 heavy (non-hydrogen) atoms. The third kappa shape index (κ3) is 5.56. The van der Waals surface area contributed by atoms with Crippen molar-refractivity contribution < 1.29 is 22.7 Å². The Morgan fingerprint density at radius 3 is 2.28 bits per heavy atom. The van der Waals surface area contributed by atoms with E-state index in [4.69, 9.17) is 0 Å². The fourth-order valence-electron chi connectivity index (χ4n) is 1.32. The number of halogens is 3. The number of anilines is 1. The van der Waals surface area contributed by atoms with E-state index in [1.165, 1.54) is 12.1 Å². The Hall–Kier alpha value is -1.72. The second-order valence-corrected chi connectivity index (χ2v) is 4.22. The second kappa shape index (κ2) is 5.75. The van der Waals surface area contributed by atoms with Crippen LogP contribution in [-0.2, 0) is 4.79 Å². The van der Waals surface area contributed by atoms with Crippen LogP contribution in [0, 0.1) is 5.92 Å². The molecule has 0 aliphatic heterocycles. The molecule has 0 aromatic heterocycles. The molecule has 6 heteroatoms. The van der Waals surface area contributed by atoms with Crippen molar-refractivity contribution in [2.45, 2.75) is 26.6 Å². The summed E-state index contributed by atoms with van der Waals surface area (Å²) in [5.41, 5.74) is 0.440. The van der Waals surface area contributed by atoms with Gasteiger partial charge in [-0.1, -0.05) is 13.8 Å². The molecular weight excluding hydrogens is 247 g/mol. The lowest BCUT2D eigenvalue weighted by Crippen LogP contribution is -2.17. The van der Waals surface area contributed by atoms with Crippen molar-refractivity contribution in [3.63, 3.8) is 0 Å². The molecule has 1 aromatic carbocycles. The van der Waals surface area contributed by atoms with Gasteiger partial charge in [0.15, 0.2) is 0 Å². The first-order valence-corrected chi connectivity index (χ1v) is 5.42. The molecule has 0 fully saturated rings. The summed E-state index contributed by atoms with van der Waals surface area (Å²) in [4.78, 5) is 11.4. The van der Waals surface area contributed by atoms with E-state index < -0.39 is 6.36 Å². The number of hydrogen-bond acceptors (Lipinski definition) is 2. The molecule has 100 valence electrons. The van der Waals surface area contributed by atoms with Crippen LogP contribution in [0.4, 0.5) is 18.9 Å². The molecule has 0 unspecified atom stereocenters. The van der Waals surface area contributed by atoms with Gasteiger partial charge in [0, 0.05) is 12.1 Å². The first-order valence-electron chi connectivity index (χ1n) is 5.42. The normalized spacial score (nSPS) is 11.4. The molecule has 0 aliphatic rings. The molecule has 0 radical (unpaired) electrons. The summed E-state index contributed by atoms with van der Waals surface area (Å²) < 4.78 is 39.4. The Bertz CT molecular complexity index is 399. The highest BCUT2D eigenvalue weighted by atomic mass is 19.4. The number of nitrogens with one attached hydrogen (secondary N) is 1. The third-order valence-electron chi connectivity index (χ3n) is 1.97. The fraction of sp³-hybridized carbons (Fsp3) is 0.417. The minimum absolute atomic E-state index is 0.172. The van der Waals surface area contributed by atoms with Crippen LogP contribution in [0.2, 0.25) is 0 Å². The Kier molecular flexibility index (Phi) is 4.58. The monoisotopic (exact) mass is 261 g/mol. The van der Waals surface area contributed by atoms with Crippen LogP contribution < -0.4 is 10.1 Å².